The molecule has 3 rings (SSSR count). The highest BCUT2D eigenvalue weighted by Gasteiger charge is 2.42. The van der Waals surface area contributed by atoms with Gasteiger partial charge in [0, 0.05) is 25.0 Å². The minimum atomic E-state index is 0.453. The average molecular weight is 236 g/mol. The quantitative estimate of drug-likeness (QED) is 0.837. The second kappa shape index (κ2) is 4.38. The van der Waals surface area contributed by atoms with E-state index in [9.17, 15) is 0 Å². The van der Waals surface area contributed by atoms with Gasteiger partial charge >= 0.3 is 0 Å². The Balaban J connectivity index is 1.64. The van der Waals surface area contributed by atoms with Crippen LogP contribution >= 0.6 is 0 Å². The maximum absolute atomic E-state index is 5.41. The lowest BCUT2D eigenvalue weighted by molar-refractivity contribution is 0.325. The normalized spacial score (nSPS) is 31.6. The van der Waals surface area contributed by atoms with Gasteiger partial charge in [-0.1, -0.05) is 5.16 Å². The zero-order valence-corrected chi connectivity index (χ0v) is 10.5. The molecule has 1 aromatic rings. The number of hydrogen-bond donors (Lipinski definition) is 1. The van der Waals surface area contributed by atoms with Crippen molar-refractivity contribution < 1.29 is 4.52 Å². The van der Waals surface area contributed by atoms with Gasteiger partial charge in [-0.25, -0.2) is 0 Å². The van der Waals surface area contributed by atoms with Crippen molar-refractivity contribution in [3.8, 4) is 0 Å². The van der Waals surface area contributed by atoms with E-state index < -0.39 is 0 Å². The zero-order chi connectivity index (χ0) is 11.8. The SMILES string of the molecule is CN(C)CCc1noc(C2CC3CCC2N3)n1. The molecule has 0 radical (unpaired) electrons. The first-order valence-electron chi connectivity index (χ1n) is 6.45. The summed E-state index contributed by atoms with van der Waals surface area (Å²) in [4.78, 5) is 6.67. The lowest BCUT2D eigenvalue weighted by atomic mass is 9.89. The Morgan fingerprint density at radius 1 is 1.41 bits per heavy atom. The number of nitrogens with zero attached hydrogens (tertiary/aromatic N) is 3. The number of likely N-dealkylation sites (N-methyl/N-ethyl adjacent to an activating group) is 1. The standard InChI is InChI=1S/C12H20N4O/c1-16(2)6-5-11-14-12(17-15-11)9-7-8-3-4-10(9)13-8/h8-10,13H,3-7H2,1-2H3. The summed E-state index contributed by atoms with van der Waals surface area (Å²) in [6.45, 7) is 0.966. The Bertz CT molecular complexity index is 390. The Morgan fingerprint density at radius 2 is 2.29 bits per heavy atom. The fourth-order valence-corrected chi connectivity index (χ4v) is 2.94. The summed E-state index contributed by atoms with van der Waals surface area (Å²) in [5, 5.41) is 7.68. The van der Waals surface area contributed by atoms with E-state index in [-0.39, 0.29) is 0 Å². The Hall–Kier alpha value is -0.940. The third-order valence-electron chi connectivity index (χ3n) is 3.88. The van der Waals surface area contributed by atoms with Crippen LogP contribution in [0.25, 0.3) is 0 Å². The van der Waals surface area contributed by atoms with Crippen LogP contribution in [0.3, 0.4) is 0 Å². The zero-order valence-electron chi connectivity index (χ0n) is 10.5. The number of aromatic nitrogens is 2. The molecule has 1 N–H and O–H groups in total. The van der Waals surface area contributed by atoms with Gasteiger partial charge in [-0.05, 0) is 33.4 Å². The van der Waals surface area contributed by atoms with Crippen LogP contribution in [0.4, 0.5) is 0 Å². The fourth-order valence-electron chi connectivity index (χ4n) is 2.94. The second-order valence-electron chi connectivity index (χ2n) is 5.49. The fraction of sp³-hybridized carbons (Fsp3) is 0.833. The monoisotopic (exact) mass is 236 g/mol. The Morgan fingerprint density at radius 3 is 2.94 bits per heavy atom. The summed E-state index contributed by atoms with van der Waals surface area (Å²) in [5.41, 5.74) is 0. The molecule has 0 spiro atoms. The Labute approximate surface area is 102 Å². The van der Waals surface area contributed by atoms with Gasteiger partial charge in [0.25, 0.3) is 0 Å². The van der Waals surface area contributed by atoms with E-state index in [0.717, 1.165) is 24.7 Å². The van der Waals surface area contributed by atoms with Crippen LogP contribution in [0.2, 0.25) is 0 Å². The summed E-state index contributed by atoms with van der Waals surface area (Å²) in [6.07, 6.45) is 4.60. The molecular weight excluding hydrogens is 216 g/mol. The van der Waals surface area contributed by atoms with Crippen molar-refractivity contribution >= 4 is 0 Å². The molecule has 2 aliphatic heterocycles. The van der Waals surface area contributed by atoms with Crippen molar-refractivity contribution in [1.82, 2.24) is 20.4 Å². The van der Waals surface area contributed by atoms with Gasteiger partial charge in [0.15, 0.2) is 5.82 Å². The largest absolute Gasteiger partial charge is 0.339 e. The molecule has 3 heterocycles. The van der Waals surface area contributed by atoms with Crippen LogP contribution in [0.1, 0.15) is 36.9 Å². The number of nitrogens with one attached hydrogen (secondary N) is 1. The van der Waals surface area contributed by atoms with Crippen molar-refractivity contribution in [2.24, 2.45) is 0 Å². The molecule has 0 saturated carbocycles. The van der Waals surface area contributed by atoms with Crippen LogP contribution in [0.15, 0.2) is 4.52 Å². The van der Waals surface area contributed by atoms with E-state index in [4.69, 9.17) is 4.52 Å². The molecule has 1 aromatic heterocycles. The van der Waals surface area contributed by atoms with E-state index in [0.29, 0.717) is 18.0 Å². The molecule has 94 valence electrons. The predicted molar refractivity (Wildman–Crippen MR) is 63.9 cm³/mol. The first-order chi connectivity index (χ1) is 8.22. The van der Waals surface area contributed by atoms with Gasteiger partial charge in [0.05, 0.1) is 5.92 Å². The molecule has 2 aliphatic rings. The van der Waals surface area contributed by atoms with Crippen LogP contribution in [0.5, 0.6) is 0 Å². The summed E-state index contributed by atoms with van der Waals surface area (Å²) < 4.78 is 5.41. The van der Waals surface area contributed by atoms with E-state index >= 15 is 0 Å². The molecule has 5 heteroatoms. The highest BCUT2D eigenvalue weighted by molar-refractivity contribution is 5.10. The van der Waals surface area contributed by atoms with Gasteiger partial charge < -0.3 is 14.7 Å². The second-order valence-corrected chi connectivity index (χ2v) is 5.49. The van der Waals surface area contributed by atoms with Crippen molar-refractivity contribution in [2.75, 3.05) is 20.6 Å². The van der Waals surface area contributed by atoms with E-state index in [1.807, 2.05) is 0 Å². The minimum Gasteiger partial charge on any atom is -0.339 e. The highest BCUT2D eigenvalue weighted by Crippen LogP contribution is 2.39. The topological polar surface area (TPSA) is 54.2 Å². The number of hydrogen-bond acceptors (Lipinski definition) is 5. The summed E-state index contributed by atoms with van der Waals surface area (Å²) >= 11 is 0. The first kappa shape index (κ1) is 11.2. The van der Waals surface area contributed by atoms with E-state index in [1.54, 1.807) is 0 Å². The molecule has 2 bridgehead atoms. The molecule has 3 atom stereocenters. The van der Waals surface area contributed by atoms with Crippen molar-refractivity contribution in [3.63, 3.8) is 0 Å². The molecule has 0 aliphatic carbocycles. The van der Waals surface area contributed by atoms with Crippen molar-refractivity contribution in [1.29, 1.82) is 0 Å². The number of rotatable bonds is 4. The van der Waals surface area contributed by atoms with Gasteiger partial charge in [-0.15, -0.1) is 0 Å². The molecule has 5 nitrogen and oxygen atoms in total. The van der Waals surface area contributed by atoms with Gasteiger partial charge in [0.2, 0.25) is 5.89 Å². The summed E-state index contributed by atoms with van der Waals surface area (Å²) in [5.74, 6) is 2.14. The van der Waals surface area contributed by atoms with Gasteiger partial charge in [-0.2, -0.15) is 4.98 Å². The molecule has 17 heavy (non-hydrogen) atoms. The van der Waals surface area contributed by atoms with Crippen molar-refractivity contribution in [3.05, 3.63) is 11.7 Å². The van der Waals surface area contributed by atoms with Crippen LogP contribution in [-0.2, 0) is 6.42 Å². The number of fused-ring (bicyclic) bond motifs is 2. The minimum absolute atomic E-state index is 0.453. The molecule has 2 fully saturated rings. The molecule has 3 unspecified atom stereocenters. The van der Waals surface area contributed by atoms with Crippen molar-refractivity contribution in [2.45, 2.75) is 43.7 Å². The van der Waals surface area contributed by atoms with Crippen LogP contribution in [0, 0.1) is 0 Å². The Kier molecular flexibility index (Phi) is 2.88. The average Bonchev–Trinajstić information content (AvgIpc) is 3.01. The third kappa shape index (κ3) is 2.21. The lowest BCUT2D eigenvalue weighted by Gasteiger charge is -2.15. The molecule has 0 aromatic carbocycles. The van der Waals surface area contributed by atoms with E-state index in [1.165, 1.54) is 19.3 Å². The molecule has 0 amide bonds. The summed E-state index contributed by atoms with van der Waals surface area (Å²) in [7, 11) is 4.11. The molecule has 2 saturated heterocycles. The van der Waals surface area contributed by atoms with Gasteiger partial charge in [-0.3, -0.25) is 0 Å². The predicted octanol–water partition coefficient (Wildman–Crippen LogP) is 0.782. The van der Waals surface area contributed by atoms with Crippen LogP contribution < -0.4 is 5.32 Å². The first-order valence-corrected chi connectivity index (χ1v) is 6.45. The smallest absolute Gasteiger partial charge is 0.231 e. The van der Waals surface area contributed by atoms with E-state index in [2.05, 4.69) is 34.5 Å². The highest BCUT2D eigenvalue weighted by atomic mass is 16.5. The molecular formula is C12H20N4O. The van der Waals surface area contributed by atoms with Crippen LogP contribution in [-0.4, -0.2) is 47.8 Å². The lowest BCUT2D eigenvalue weighted by Crippen LogP contribution is -2.21. The maximum atomic E-state index is 5.41. The van der Waals surface area contributed by atoms with Gasteiger partial charge in [0.1, 0.15) is 0 Å². The summed E-state index contributed by atoms with van der Waals surface area (Å²) in [6, 6.07) is 1.25. The third-order valence-corrected chi connectivity index (χ3v) is 3.88. The maximum Gasteiger partial charge on any atom is 0.231 e.